The zero-order valence-electron chi connectivity index (χ0n) is 33.1. The van der Waals surface area contributed by atoms with Crippen molar-refractivity contribution in [3.63, 3.8) is 0 Å². The van der Waals surface area contributed by atoms with Gasteiger partial charge < -0.3 is 4.42 Å². The number of furan rings is 1. The predicted octanol–water partition coefficient (Wildman–Crippen LogP) is 14.0. The molecule has 59 heavy (non-hydrogen) atoms. The average molecular weight is 760 g/mol. The van der Waals surface area contributed by atoms with E-state index in [-0.39, 0.29) is 5.41 Å². The summed E-state index contributed by atoms with van der Waals surface area (Å²) < 4.78 is 6.40. The van der Waals surface area contributed by atoms with Gasteiger partial charge in [-0.1, -0.05) is 172 Å². The van der Waals surface area contributed by atoms with Crippen molar-refractivity contribution >= 4 is 40.3 Å². The molecule has 0 amide bonds. The number of fused-ring (bicyclic) bond motifs is 6. The molecule has 4 nitrogen and oxygen atoms in total. The first-order chi connectivity index (χ1) is 28.9. The molecule has 1 aromatic heterocycles. The van der Waals surface area contributed by atoms with Crippen molar-refractivity contribution in [2.24, 2.45) is 15.0 Å². The van der Waals surface area contributed by atoms with Gasteiger partial charge in [0.2, 0.25) is 0 Å². The highest BCUT2D eigenvalue weighted by Crippen LogP contribution is 2.49. The van der Waals surface area contributed by atoms with Crippen molar-refractivity contribution in [1.29, 1.82) is 0 Å². The van der Waals surface area contributed by atoms with Crippen LogP contribution >= 0.6 is 0 Å². The average Bonchev–Trinajstić information content (AvgIpc) is 3.78. The van der Waals surface area contributed by atoms with Gasteiger partial charge in [0.25, 0.3) is 0 Å². The molecule has 0 N–H and O–H groups in total. The van der Waals surface area contributed by atoms with Crippen LogP contribution in [0, 0.1) is 0 Å². The Hall–Kier alpha value is -7.43. The van der Waals surface area contributed by atoms with E-state index in [0.717, 1.165) is 49.8 Å². The van der Waals surface area contributed by atoms with Gasteiger partial charge in [0.05, 0.1) is 6.54 Å². The Labute approximate surface area is 344 Å². The van der Waals surface area contributed by atoms with Gasteiger partial charge in [0.15, 0.2) is 11.7 Å². The summed E-state index contributed by atoms with van der Waals surface area (Å²) in [5.74, 6) is 1.08. The van der Waals surface area contributed by atoms with E-state index in [1.54, 1.807) is 0 Å². The first kappa shape index (κ1) is 35.9. The molecule has 1 aliphatic rings. The lowest BCUT2D eigenvalue weighted by molar-refractivity contribution is 0.660. The number of amidine groups is 2. The van der Waals surface area contributed by atoms with Gasteiger partial charge in [-0.3, -0.25) is 4.99 Å². The lowest BCUT2D eigenvalue weighted by Crippen LogP contribution is -2.14. The highest BCUT2D eigenvalue weighted by Gasteiger charge is 2.35. The van der Waals surface area contributed by atoms with Crippen molar-refractivity contribution in [3.8, 4) is 44.5 Å². The molecule has 1 aliphatic carbocycles. The first-order valence-electron chi connectivity index (χ1n) is 20.1. The van der Waals surface area contributed by atoms with E-state index in [0.29, 0.717) is 18.2 Å². The summed E-state index contributed by atoms with van der Waals surface area (Å²) in [7, 11) is 0. The van der Waals surface area contributed by atoms with Gasteiger partial charge in [-0.2, -0.15) is 0 Å². The Morgan fingerprint density at radius 2 is 1.12 bits per heavy atom. The highest BCUT2D eigenvalue weighted by atomic mass is 16.3. The molecule has 9 aromatic rings. The van der Waals surface area contributed by atoms with Crippen LogP contribution in [0.15, 0.2) is 207 Å². The molecule has 0 bridgehead atoms. The van der Waals surface area contributed by atoms with E-state index in [1.165, 1.54) is 44.5 Å². The van der Waals surface area contributed by atoms with Crippen LogP contribution in [-0.4, -0.2) is 18.4 Å². The zero-order valence-corrected chi connectivity index (χ0v) is 33.1. The summed E-state index contributed by atoms with van der Waals surface area (Å²) in [6.45, 7) is 9.12. The van der Waals surface area contributed by atoms with E-state index in [4.69, 9.17) is 14.4 Å². The van der Waals surface area contributed by atoms with Gasteiger partial charge in [0.1, 0.15) is 11.2 Å². The summed E-state index contributed by atoms with van der Waals surface area (Å²) in [5, 5.41) is 1.93. The molecule has 0 radical (unpaired) electrons. The smallest absolute Gasteiger partial charge is 0.161 e. The normalized spacial score (nSPS) is 13.4. The molecule has 0 fully saturated rings. The van der Waals surface area contributed by atoms with E-state index in [1.807, 2.05) is 66.7 Å². The Kier molecular flexibility index (Phi) is 9.03. The molecule has 282 valence electrons. The van der Waals surface area contributed by atoms with E-state index >= 15 is 0 Å². The van der Waals surface area contributed by atoms with Crippen molar-refractivity contribution in [1.82, 2.24) is 0 Å². The second-order valence-corrected chi connectivity index (χ2v) is 15.7. The topological polar surface area (TPSA) is 50.2 Å². The third kappa shape index (κ3) is 6.59. The number of rotatable bonds is 7. The second kappa shape index (κ2) is 14.8. The molecule has 0 saturated carbocycles. The van der Waals surface area contributed by atoms with Crippen LogP contribution < -0.4 is 0 Å². The number of benzene rings is 8. The van der Waals surface area contributed by atoms with Crippen LogP contribution in [0.3, 0.4) is 0 Å². The fraction of sp³-hybridized carbons (Fsp3) is 0.0727. The maximum atomic E-state index is 6.40. The number of aliphatic imine (C=N–C) groups is 3. The Morgan fingerprint density at radius 3 is 1.88 bits per heavy atom. The SMILES string of the molecule is C=NC(=NC(=NCc1ccccc1)c1ccccc1)c1cccc2oc3ccc(-c4ccc(-c5cccc(-c6ccc7c(c6)C(C)(C)c6ccccc6-7)c5)cc4)cc3c12. The van der Waals surface area contributed by atoms with Gasteiger partial charge in [-0.05, 0) is 98.2 Å². The Balaban J connectivity index is 0.973. The van der Waals surface area contributed by atoms with Crippen LogP contribution in [0.25, 0.3) is 66.4 Å². The Morgan fingerprint density at radius 1 is 0.508 bits per heavy atom. The van der Waals surface area contributed by atoms with Gasteiger partial charge in [-0.15, -0.1) is 0 Å². The van der Waals surface area contributed by atoms with Crippen LogP contribution in [0.5, 0.6) is 0 Å². The standard InChI is InChI=1S/C55H41N3O/c1-55(2)48-22-11-10-20-44(48)45-30-28-43(34-49(45)55)41-19-12-18-40(32-41)37-24-26-38(27-25-37)42-29-31-50-47(33-42)52-46(21-13-23-51(52)59-50)54(56-3)58-53(39-16-8-5-9-17-39)57-35-36-14-6-4-7-15-36/h4-34H,3,35H2,1-2H3. The lowest BCUT2D eigenvalue weighted by Gasteiger charge is -2.22. The second-order valence-electron chi connectivity index (χ2n) is 15.7. The van der Waals surface area contributed by atoms with E-state index in [9.17, 15) is 0 Å². The fourth-order valence-electron chi connectivity index (χ4n) is 8.62. The molecule has 0 unspecified atom stereocenters. The number of hydrogen-bond acceptors (Lipinski definition) is 2. The van der Waals surface area contributed by atoms with Crippen molar-refractivity contribution in [2.45, 2.75) is 25.8 Å². The van der Waals surface area contributed by atoms with Gasteiger partial charge in [-0.25, -0.2) is 9.98 Å². The summed E-state index contributed by atoms with van der Waals surface area (Å²) >= 11 is 0. The predicted molar refractivity (Wildman–Crippen MR) is 247 cm³/mol. The molecule has 0 aliphatic heterocycles. The van der Waals surface area contributed by atoms with Crippen molar-refractivity contribution < 1.29 is 4.42 Å². The molecular weight excluding hydrogens is 719 g/mol. The third-order valence-corrected chi connectivity index (χ3v) is 11.7. The largest absolute Gasteiger partial charge is 0.456 e. The van der Waals surface area contributed by atoms with Crippen LogP contribution in [0.4, 0.5) is 0 Å². The molecule has 4 heteroatoms. The summed E-state index contributed by atoms with van der Waals surface area (Å²) in [6, 6.07) is 66.1. The van der Waals surface area contributed by atoms with Crippen molar-refractivity contribution in [3.05, 3.63) is 216 Å². The van der Waals surface area contributed by atoms with Gasteiger partial charge >= 0.3 is 0 Å². The maximum Gasteiger partial charge on any atom is 0.161 e. The summed E-state index contributed by atoms with van der Waals surface area (Å²) in [5.41, 5.74) is 16.9. The summed E-state index contributed by atoms with van der Waals surface area (Å²) in [6.07, 6.45) is 0. The molecule has 10 rings (SSSR count). The maximum absolute atomic E-state index is 6.40. The third-order valence-electron chi connectivity index (χ3n) is 11.7. The quantitative estimate of drug-likeness (QED) is 0.118. The minimum atomic E-state index is -0.0372. The molecule has 1 heterocycles. The Bertz CT molecular complexity index is 3100. The minimum absolute atomic E-state index is 0.0372. The van der Waals surface area contributed by atoms with Crippen LogP contribution in [-0.2, 0) is 12.0 Å². The lowest BCUT2D eigenvalue weighted by atomic mass is 9.81. The molecule has 8 aromatic carbocycles. The molecular formula is C55H41N3O. The van der Waals surface area contributed by atoms with Crippen LogP contribution in [0.2, 0.25) is 0 Å². The highest BCUT2D eigenvalue weighted by molar-refractivity contribution is 6.22. The van der Waals surface area contributed by atoms with E-state index in [2.05, 4.69) is 147 Å². The molecule has 0 saturated heterocycles. The molecule has 0 spiro atoms. The van der Waals surface area contributed by atoms with Crippen molar-refractivity contribution in [2.75, 3.05) is 0 Å². The number of hydrogen-bond donors (Lipinski definition) is 0. The number of nitrogens with zero attached hydrogens (tertiary/aromatic N) is 3. The van der Waals surface area contributed by atoms with E-state index < -0.39 is 0 Å². The zero-order chi connectivity index (χ0) is 39.9. The van der Waals surface area contributed by atoms with Gasteiger partial charge in [0, 0.05) is 27.3 Å². The summed E-state index contributed by atoms with van der Waals surface area (Å²) in [4.78, 5) is 14.5. The van der Waals surface area contributed by atoms with Crippen LogP contribution in [0.1, 0.15) is 41.7 Å². The fourth-order valence-corrected chi connectivity index (χ4v) is 8.62. The molecule has 0 atom stereocenters. The minimum Gasteiger partial charge on any atom is -0.456 e. The monoisotopic (exact) mass is 759 g/mol. The first-order valence-corrected chi connectivity index (χ1v) is 20.1.